The predicted molar refractivity (Wildman–Crippen MR) is 127 cm³/mol. The molecule has 1 unspecified atom stereocenters. The van der Waals surface area contributed by atoms with Crippen molar-refractivity contribution < 1.29 is 18.8 Å². The van der Waals surface area contributed by atoms with E-state index in [4.69, 9.17) is 4.74 Å². The first-order chi connectivity index (χ1) is 14.5. The van der Waals surface area contributed by atoms with Crippen molar-refractivity contribution in [3.8, 4) is 0 Å². The fraction of sp³-hybridized carbons (Fsp3) is 0.400. The molecule has 0 saturated carbocycles. The number of carbonyl (C=O) groups is 1. The van der Waals surface area contributed by atoms with Gasteiger partial charge in [0.15, 0.2) is 0 Å². The van der Waals surface area contributed by atoms with Gasteiger partial charge in [0.05, 0.1) is 37.3 Å². The van der Waals surface area contributed by atoms with E-state index in [0.29, 0.717) is 26.8 Å². The number of nitrogens with one attached hydrogen (secondary N) is 3. The number of benzene rings is 1. The highest BCUT2D eigenvalue weighted by atomic mass is 79.9. The zero-order chi connectivity index (χ0) is 23.2. The second-order valence-electron chi connectivity index (χ2n) is 7.22. The van der Waals surface area contributed by atoms with E-state index in [1.54, 1.807) is 58.2 Å². The summed E-state index contributed by atoms with van der Waals surface area (Å²) in [5.74, 6) is 0.875. The van der Waals surface area contributed by atoms with Gasteiger partial charge in [-0.25, -0.2) is 18.7 Å². The van der Waals surface area contributed by atoms with Crippen LogP contribution in [-0.4, -0.2) is 49.0 Å². The number of carbonyl (C=O) groups excluding carboxylic acids is 1. The minimum atomic E-state index is -2.90. The van der Waals surface area contributed by atoms with E-state index in [-0.39, 0.29) is 12.6 Å². The molecule has 0 aliphatic heterocycles. The average Bonchev–Trinajstić information content (AvgIpc) is 2.70. The van der Waals surface area contributed by atoms with Crippen molar-refractivity contribution in [2.45, 2.75) is 51.2 Å². The van der Waals surface area contributed by atoms with Crippen LogP contribution in [-0.2, 0) is 14.4 Å². The quantitative estimate of drug-likeness (QED) is 0.393. The molecule has 11 heteroatoms. The fourth-order valence-corrected chi connectivity index (χ4v) is 3.98. The van der Waals surface area contributed by atoms with Crippen LogP contribution in [0.1, 0.15) is 34.6 Å². The van der Waals surface area contributed by atoms with Crippen molar-refractivity contribution >= 4 is 54.6 Å². The van der Waals surface area contributed by atoms with E-state index in [2.05, 4.69) is 41.3 Å². The Labute approximate surface area is 191 Å². The number of amides is 1. The number of rotatable bonds is 8. The first kappa shape index (κ1) is 24.9. The Bertz CT molecular complexity index is 1030. The van der Waals surface area contributed by atoms with Crippen LogP contribution >= 0.6 is 15.9 Å². The second kappa shape index (κ2) is 10.3. The summed E-state index contributed by atoms with van der Waals surface area (Å²) in [6.07, 6.45) is 0.863. The molecule has 170 valence electrons. The van der Waals surface area contributed by atoms with Crippen molar-refractivity contribution in [2.75, 3.05) is 17.2 Å². The van der Waals surface area contributed by atoms with Gasteiger partial charge in [-0.15, -0.1) is 0 Å². The van der Waals surface area contributed by atoms with Gasteiger partial charge in [-0.05, 0) is 80.2 Å². The third-order valence-corrected chi connectivity index (χ3v) is 7.15. The van der Waals surface area contributed by atoms with Gasteiger partial charge in [-0.3, -0.25) is 0 Å². The molecule has 2 atom stereocenters. The van der Waals surface area contributed by atoms with Gasteiger partial charge in [0.1, 0.15) is 5.82 Å². The molecular formula is C20H28BrN5O4S. The molecule has 0 aliphatic rings. The Morgan fingerprint density at radius 1 is 1.35 bits per heavy atom. The molecule has 0 fully saturated rings. The Kier molecular flexibility index (Phi) is 8.27. The third-order valence-electron chi connectivity index (χ3n) is 4.46. The Morgan fingerprint density at radius 2 is 2.00 bits per heavy atom. The molecule has 2 rings (SSSR count). The van der Waals surface area contributed by atoms with Gasteiger partial charge < -0.3 is 20.5 Å². The summed E-state index contributed by atoms with van der Waals surface area (Å²) in [6.45, 7) is 8.75. The van der Waals surface area contributed by atoms with Crippen LogP contribution in [0, 0.1) is 0 Å². The molecule has 0 saturated heterocycles. The third kappa shape index (κ3) is 6.81. The van der Waals surface area contributed by atoms with Gasteiger partial charge >= 0.3 is 6.09 Å². The maximum atomic E-state index is 13.0. The lowest BCUT2D eigenvalue weighted by molar-refractivity contribution is 0.0647. The monoisotopic (exact) mass is 513 g/mol. The van der Waals surface area contributed by atoms with Crippen molar-refractivity contribution in [1.29, 1.82) is 0 Å². The lowest BCUT2D eigenvalue weighted by Crippen LogP contribution is -2.39. The number of anilines is 3. The maximum absolute atomic E-state index is 13.0. The number of halogens is 1. The van der Waals surface area contributed by atoms with Crippen molar-refractivity contribution in [3.63, 3.8) is 0 Å². The largest absolute Gasteiger partial charge is 0.449 e. The highest BCUT2D eigenvalue weighted by Gasteiger charge is 2.23. The van der Waals surface area contributed by atoms with Crippen molar-refractivity contribution in [3.05, 3.63) is 34.9 Å². The minimum Gasteiger partial charge on any atom is -0.449 e. The molecular weight excluding hydrogens is 486 g/mol. The van der Waals surface area contributed by atoms with E-state index >= 15 is 0 Å². The van der Waals surface area contributed by atoms with E-state index in [0.717, 1.165) is 0 Å². The average molecular weight is 514 g/mol. The smallest absolute Gasteiger partial charge is 0.418 e. The summed E-state index contributed by atoms with van der Waals surface area (Å²) >= 11 is 3.40. The molecule has 0 radical (unpaired) electrons. The Hall–Kier alpha value is -2.37. The van der Waals surface area contributed by atoms with Crippen molar-refractivity contribution in [1.82, 2.24) is 14.7 Å². The van der Waals surface area contributed by atoms with Gasteiger partial charge in [0.2, 0.25) is 5.95 Å². The maximum Gasteiger partial charge on any atom is 0.418 e. The van der Waals surface area contributed by atoms with Crippen LogP contribution in [0.2, 0.25) is 0 Å². The number of aliphatic hydroxyl groups is 1. The number of nitrogens with zero attached hydrogens (tertiary/aromatic N) is 2. The Morgan fingerprint density at radius 3 is 2.55 bits per heavy atom. The molecule has 31 heavy (non-hydrogen) atoms. The topological polar surface area (TPSA) is 125 Å². The molecule has 1 amide bonds. The van der Waals surface area contributed by atoms with Crippen LogP contribution < -0.4 is 15.4 Å². The predicted octanol–water partition coefficient (Wildman–Crippen LogP) is 3.68. The number of hydrogen-bond donors (Lipinski definition) is 4. The van der Waals surface area contributed by atoms with E-state index in [9.17, 15) is 14.1 Å². The van der Waals surface area contributed by atoms with Crippen LogP contribution in [0.25, 0.3) is 0 Å². The van der Waals surface area contributed by atoms with Gasteiger partial charge in [0.25, 0.3) is 0 Å². The van der Waals surface area contributed by atoms with Crippen LogP contribution in [0.15, 0.2) is 39.8 Å². The van der Waals surface area contributed by atoms with Gasteiger partial charge in [0, 0.05) is 11.9 Å². The molecule has 4 N–H and O–H groups in total. The van der Waals surface area contributed by atoms with Crippen molar-refractivity contribution in [2.24, 2.45) is 0 Å². The van der Waals surface area contributed by atoms with E-state index in [1.165, 1.54) is 5.37 Å². The minimum absolute atomic E-state index is 0.187. The molecule has 1 aromatic heterocycles. The van der Waals surface area contributed by atoms with Crippen LogP contribution in [0.3, 0.4) is 0 Å². The normalized spacial score (nSPS) is 14.2. The summed E-state index contributed by atoms with van der Waals surface area (Å²) in [5, 5.41) is 17.8. The first-order valence-corrected chi connectivity index (χ1v) is 12.1. The van der Waals surface area contributed by atoms with E-state index < -0.39 is 21.4 Å². The summed E-state index contributed by atoms with van der Waals surface area (Å²) < 4.78 is 20.9. The summed E-state index contributed by atoms with van der Waals surface area (Å²) in [5.41, 5.74) is -0.268. The molecule has 1 aromatic carbocycles. The number of ether oxygens (including phenoxy) is 1. The van der Waals surface area contributed by atoms with E-state index in [1.807, 2.05) is 6.92 Å². The number of aromatic nitrogens is 2. The standard InChI is InChI=1S/C20H28BrN5O4S/c1-6-30-19(27)26-31(29,7-2)15-10-8-14(9-11-15)24-18-22-12-16(21)17(25-18)23-13(3)20(4,5)28/h7-13,28H,6H2,1-5H3,(H,26,27,29)(H2,22,23,24,25)/t13-,31?/m1/s1. The van der Waals surface area contributed by atoms with Crippen LogP contribution in [0.5, 0.6) is 0 Å². The zero-order valence-corrected chi connectivity index (χ0v) is 20.5. The summed E-state index contributed by atoms with van der Waals surface area (Å²) in [7, 11) is -2.90. The zero-order valence-electron chi connectivity index (χ0n) is 18.1. The van der Waals surface area contributed by atoms with Gasteiger partial charge in [-0.1, -0.05) is 0 Å². The van der Waals surface area contributed by atoms with Crippen LogP contribution in [0.4, 0.5) is 22.2 Å². The first-order valence-electron chi connectivity index (χ1n) is 9.65. The molecule has 9 nitrogen and oxygen atoms in total. The summed E-state index contributed by atoms with van der Waals surface area (Å²) in [6, 6.07) is 6.46. The highest BCUT2D eigenvalue weighted by Crippen LogP contribution is 2.25. The Balaban J connectivity index is 2.19. The lowest BCUT2D eigenvalue weighted by atomic mass is 10.0. The molecule has 0 aliphatic carbocycles. The lowest BCUT2D eigenvalue weighted by Gasteiger charge is -2.27. The molecule has 0 spiro atoms. The molecule has 1 heterocycles. The molecule has 2 aromatic rings. The van der Waals surface area contributed by atoms with Gasteiger partial charge in [-0.2, -0.15) is 4.98 Å². The summed E-state index contributed by atoms with van der Waals surface area (Å²) in [4.78, 5) is 20.8. The fourth-order valence-electron chi connectivity index (χ4n) is 2.32. The molecule has 0 bridgehead atoms. The SMILES string of the molecule is CC=S(=O)(NC(=O)OCC)c1ccc(Nc2ncc(Br)c(N[C@H](C)C(C)(C)O)n2)cc1. The second-order valence-corrected chi connectivity index (χ2v) is 10.4. The highest BCUT2D eigenvalue weighted by molar-refractivity contribution is 9.10. The number of hydrogen-bond acceptors (Lipinski definition) is 8.